The summed E-state index contributed by atoms with van der Waals surface area (Å²) in [5.74, 6) is 0. The fraction of sp³-hybridized carbons (Fsp3) is 0.727. The SMILES string of the molecule is COC(C(O)c1c(Cl)cnn1C)C(C)(C)C. The zero-order chi connectivity index (χ0) is 12.5. The molecule has 0 radical (unpaired) electrons. The average molecular weight is 247 g/mol. The van der Waals surface area contributed by atoms with E-state index in [1.165, 1.54) is 6.20 Å². The van der Waals surface area contributed by atoms with Gasteiger partial charge in [-0.25, -0.2) is 0 Å². The zero-order valence-corrected chi connectivity index (χ0v) is 11.1. The van der Waals surface area contributed by atoms with Gasteiger partial charge in [0.1, 0.15) is 6.10 Å². The minimum absolute atomic E-state index is 0.179. The maximum absolute atomic E-state index is 10.3. The second-order valence-electron chi connectivity index (χ2n) is 4.97. The van der Waals surface area contributed by atoms with Gasteiger partial charge in [0.05, 0.1) is 23.0 Å². The van der Waals surface area contributed by atoms with E-state index in [0.29, 0.717) is 10.7 Å². The molecule has 0 bridgehead atoms. The summed E-state index contributed by atoms with van der Waals surface area (Å²) >= 11 is 5.99. The fourth-order valence-corrected chi connectivity index (χ4v) is 2.13. The summed E-state index contributed by atoms with van der Waals surface area (Å²) < 4.78 is 6.93. The molecule has 5 heteroatoms. The first kappa shape index (κ1) is 13.5. The van der Waals surface area contributed by atoms with Crippen molar-refractivity contribution in [2.24, 2.45) is 12.5 Å². The maximum Gasteiger partial charge on any atom is 0.124 e. The van der Waals surface area contributed by atoms with Gasteiger partial charge >= 0.3 is 0 Å². The quantitative estimate of drug-likeness (QED) is 0.889. The Hall–Kier alpha value is -0.580. The maximum atomic E-state index is 10.3. The number of methoxy groups -OCH3 is 1. The first-order valence-corrected chi connectivity index (χ1v) is 5.55. The third kappa shape index (κ3) is 2.56. The van der Waals surface area contributed by atoms with Crippen LogP contribution in [0.1, 0.15) is 32.6 Å². The molecule has 92 valence electrons. The molecule has 0 saturated heterocycles. The number of nitrogens with zero attached hydrogens (tertiary/aromatic N) is 2. The molecule has 1 aromatic heterocycles. The van der Waals surface area contributed by atoms with Crippen LogP contribution in [-0.4, -0.2) is 28.1 Å². The number of aryl methyl sites for hydroxylation is 1. The summed E-state index contributed by atoms with van der Waals surface area (Å²) in [6.07, 6.45) is 0.403. The predicted octanol–water partition coefficient (Wildman–Crippen LogP) is 2.17. The Morgan fingerprint density at radius 3 is 2.38 bits per heavy atom. The largest absolute Gasteiger partial charge is 0.384 e. The van der Waals surface area contributed by atoms with Crippen molar-refractivity contribution in [2.45, 2.75) is 33.0 Å². The smallest absolute Gasteiger partial charge is 0.124 e. The van der Waals surface area contributed by atoms with Gasteiger partial charge < -0.3 is 9.84 Å². The minimum atomic E-state index is -0.787. The summed E-state index contributed by atoms with van der Waals surface area (Å²) in [7, 11) is 3.34. The number of ether oxygens (including phenoxy) is 1. The Kier molecular flexibility index (Phi) is 3.99. The van der Waals surface area contributed by atoms with Crippen LogP contribution in [0.2, 0.25) is 5.02 Å². The fourth-order valence-electron chi connectivity index (χ4n) is 1.85. The van der Waals surface area contributed by atoms with Crippen molar-refractivity contribution >= 4 is 11.6 Å². The molecule has 1 rings (SSSR count). The van der Waals surface area contributed by atoms with E-state index in [2.05, 4.69) is 5.10 Å². The molecule has 0 amide bonds. The summed E-state index contributed by atoms with van der Waals surface area (Å²) in [5, 5.41) is 14.8. The van der Waals surface area contributed by atoms with Crippen LogP contribution < -0.4 is 0 Å². The normalized spacial score (nSPS) is 16.2. The monoisotopic (exact) mass is 246 g/mol. The van der Waals surface area contributed by atoms with Crippen LogP contribution in [0.25, 0.3) is 0 Å². The molecule has 0 aromatic carbocycles. The standard InChI is InChI=1S/C11H19ClN2O2/c1-11(2,3)10(16-5)9(15)8-7(12)6-13-14(8)4/h6,9-10,15H,1-5H3. The Balaban J connectivity index is 3.05. The summed E-state index contributed by atoms with van der Waals surface area (Å²) in [5.41, 5.74) is 0.408. The number of rotatable bonds is 3. The summed E-state index contributed by atoms with van der Waals surface area (Å²) in [6, 6.07) is 0. The van der Waals surface area contributed by atoms with Crippen molar-refractivity contribution in [1.29, 1.82) is 0 Å². The second kappa shape index (κ2) is 4.73. The van der Waals surface area contributed by atoms with Gasteiger partial charge in [0, 0.05) is 14.2 Å². The van der Waals surface area contributed by atoms with Crippen molar-refractivity contribution in [3.63, 3.8) is 0 Å². The van der Waals surface area contributed by atoms with Gasteiger partial charge in [-0.15, -0.1) is 0 Å². The van der Waals surface area contributed by atoms with Crippen molar-refractivity contribution in [3.05, 3.63) is 16.9 Å². The molecule has 2 unspecified atom stereocenters. The molecule has 0 spiro atoms. The van der Waals surface area contributed by atoms with Crippen molar-refractivity contribution in [3.8, 4) is 0 Å². The molecule has 0 aliphatic carbocycles. The Bertz CT molecular complexity index is 338. The Morgan fingerprint density at radius 2 is 2.06 bits per heavy atom. The van der Waals surface area contributed by atoms with E-state index in [1.807, 2.05) is 20.8 Å². The van der Waals surface area contributed by atoms with Gasteiger partial charge in [-0.05, 0) is 5.41 Å². The molecule has 0 fully saturated rings. The minimum Gasteiger partial charge on any atom is -0.384 e. The van der Waals surface area contributed by atoms with E-state index in [0.717, 1.165) is 0 Å². The highest BCUT2D eigenvalue weighted by Gasteiger charge is 2.34. The molecule has 4 nitrogen and oxygen atoms in total. The van der Waals surface area contributed by atoms with Crippen LogP contribution in [0.15, 0.2) is 6.20 Å². The van der Waals surface area contributed by atoms with Gasteiger partial charge in [0.25, 0.3) is 0 Å². The van der Waals surface area contributed by atoms with Crippen molar-refractivity contribution in [1.82, 2.24) is 9.78 Å². The van der Waals surface area contributed by atoms with Gasteiger partial charge in [0.15, 0.2) is 0 Å². The highest BCUT2D eigenvalue weighted by molar-refractivity contribution is 6.31. The number of aliphatic hydroxyl groups is 1. The van der Waals surface area contributed by atoms with E-state index >= 15 is 0 Å². The molecule has 2 atom stereocenters. The van der Waals surface area contributed by atoms with Crippen molar-refractivity contribution < 1.29 is 9.84 Å². The van der Waals surface area contributed by atoms with Crippen LogP contribution in [0.5, 0.6) is 0 Å². The molecular weight excluding hydrogens is 228 g/mol. The van der Waals surface area contributed by atoms with E-state index in [4.69, 9.17) is 16.3 Å². The van der Waals surface area contributed by atoms with Crippen LogP contribution in [-0.2, 0) is 11.8 Å². The molecule has 0 aliphatic heterocycles. The lowest BCUT2D eigenvalue weighted by Crippen LogP contribution is -2.35. The summed E-state index contributed by atoms with van der Waals surface area (Å²) in [6.45, 7) is 6.03. The molecular formula is C11H19ClN2O2. The average Bonchev–Trinajstić information content (AvgIpc) is 2.44. The third-order valence-corrected chi connectivity index (χ3v) is 2.90. The molecule has 0 saturated carbocycles. The lowest BCUT2D eigenvalue weighted by Gasteiger charge is -2.33. The van der Waals surface area contributed by atoms with Crippen LogP contribution >= 0.6 is 11.6 Å². The number of aliphatic hydroxyl groups excluding tert-OH is 1. The third-order valence-electron chi connectivity index (χ3n) is 2.61. The van der Waals surface area contributed by atoms with Crippen LogP contribution in [0, 0.1) is 5.41 Å². The molecule has 0 aliphatic rings. The van der Waals surface area contributed by atoms with Gasteiger partial charge in [-0.3, -0.25) is 4.68 Å². The first-order valence-electron chi connectivity index (χ1n) is 5.17. The highest BCUT2D eigenvalue weighted by Crippen LogP contribution is 2.34. The topological polar surface area (TPSA) is 47.3 Å². The van der Waals surface area contributed by atoms with E-state index in [9.17, 15) is 5.11 Å². The van der Waals surface area contributed by atoms with E-state index < -0.39 is 6.10 Å². The Morgan fingerprint density at radius 1 is 1.50 bits per heavy atom. The second-order valence-corrected chi connectivity index (χ2v) is 5.38. The van der Waals surface area contributed by atoms with Gasteiger partial charge in [0.2, 0.25) is 0 Å². The number of halogens is 1. The zero-order valence-electron chi connectivity index (χ0n) is 10.4. The lowest BCUT2D eigenvalue weighted by atomic mass is 9.84. The van der Waals surface area contributed by atoms with Crippen molar-refractivity contribution in [2.75, 3.05) is 7.11 Å². The number of hydrogen-bond donors (Lipinski definition) is 1. The molecule has 16 heavy (non-hydrogen) atoms. The number of hydrogen-bond acceptors (Lipinski definition) is 3. The molecule has 1 heterocycles. The van der Waals surface area contributed by atoms with E-state index in [-0.39, 0.29) is 11.5 Å². The first-order chi connectivity index (χ1) is 7.29. The number of aromatic nitrogens is 2. The van der Waals surface area contributed by atoms with Gasteiger partial charge in [-0.1, -0.05) is 32.4 Å². The molecule has 1 aromatic rings. The lowest BCUT2D eigenvalue weighted by molar-refractivity contribution is -0.0751. The van der Waals surface area contributed by atoms with Crippen LogP contribution in [0.4, 0.5) is 0 Å². The van der Waals surface area contributed by atoms with Crippen LogP contribution in [0.3, 0.4) is 0 Å². The predicted molar refractivity (Wildman–Crippen MR) is 63.4 cm³/mol. The van der Waals surface area contributed by atoms with Gasteiger partial charge in [-0.2, -0.15) is 5.10 Å². The van der Waals surface area contributed by atoms with E-state index in [1.54, 1.807) is 18.8 Å². The molecule has 1 N–H and O–H groups in total. The summed E-state index contributed by atoms with van der Waals surface area (Å²) in [4.78, 5) is 0. The Labute approximate surface area is 101 Å². The highest BCUT2D eigenvalue weighted by atomic mass is 35.5.